The second-order valence-corrected chi connectivity index (χ2v) is 4.73. The van der Waals surface area contributed by atoms with Crippen molar-refractivity contribution in [3.63, 3.8) is 0 Å². The summed E-state index contributed by atoms with van der Waals surface area (Å²) in [4.78, 5) is 5.49. The molecule has 1 unspecified atom stereocenters. The molecule has 2 rings (SSSR count). The highest BCUT2D eigenvalue weighted by atomic mass is 19.1. The van der Waals surface area contributed by atoms with Gasteiger partial charge in [0.05, 0.1) is 13.2 Å². The van der Waals surface area contributed by atoms with Crippen LogP contribution in [0.5, 0.6) is 0 Å². The van der Waals surface area contributed by atoms with Gasteiger partial charge in [0.25, 0.3) is 0 Å². The maximum Gasteiger partial charge on any atom is 0.173 e. The van der Waals surface area contributed by atoms with E-state index in [2.05, 4.69) is 4.99 Å². The third-order valence-electron chi connectivity index (χ3n) is 3.48. The number of nitrogens with two attached hydrogens (primary N) is 1. The second-order valence-electron chi connectivity index (χ2n) is 4.73. The molecule has 2 aliphatic heterocycles. The highest BCUT2D eigenvalue weighted by Crippen LogP contribution is 2.36. The van der Waals surface area contributed by atoms with Gasteiger partial charge in [-0.05, 0) is 13.0 Å². The van der Waals surface area contributed by atoms with Gasteiger partial charge in [-0.25, -0.2) is 9.38 Å². The van der Waals surface area contributed by atoms with Gasteiger partial charge in [-0.3, -0.25) is 0 Å². The molecule has 1 fully saturated rings. The van der Waals surface area contributed by atoms with Crippen LogP contribution in [-0.2, 0) is 4.74 Å². The van der Waals surface area contributed by atoms with Crippen molar-refractivity contribution in [3.8, 4) is 0 Å². The number of amidine groups is 1. The Balaban J connectivity index is 2.21. The molecular weight excluding hydrogens is 257 g/mol. The Labute approximate surface area is 109 Å². The number of halogens is 1. The highest BCUT2D eigenvalue weighted by molar-refractivity contribution is 5.91. The third kappa shape index (κ3) is 2.20. The van der Waals surface area contributed by atoms with Gasteiger partial charge in [0, 0.05) is 6.20 Å². The first kappa shape index (κ1) is 14.2. The predicted octanol–water partition coefficient (Wildman–Crippen LogP) is -1.70. The lowest BCUT2D eigenvalue weighted by molar-refractivity contribution is -0.162. The van der Waals surface area contributed by atoms with Crippen LogP contribution >= 0.6 is 0 Å². The fraction of sp³-hybridized carbons (Fsp3) is 0.727. The minimum absolute atomic E-state index is 0.313. The van der Waals surface area contributed by atoms with E-state index in [4.69, 9.17) is 10.5 Å². The van der Waals surface area contributed by atoms with Crippen molar-refractivity contribution in [2.24, 2.45) is 10.7 Å². The van der Waals surface area contributed by atoms with Crippen LogP contribution < -0.4 is 5.73 Å². The van der Waals surface area contributed by atoms with E-state index in [-0.39, 0.29) is 0 Å². The average molecular weight is 275 g/mol. The molecule has 4 atom stereocenters. The zero-order valence-corrected chi connectivity index (χ0v) is 10.5. The number of aliphatic hydroxyl groups is 3. The molecular formula is C11H18FN3O4. The molecule has 0 aromatic rings. The maximum absolute atomic E-state index is 14.2. The fourth-order valence-corrected chi connectivity index (χ4v) is 2.27. The van der Waals surface area contributed by atoms with E-state index in [1.54, 1.807) is 6.92 Å². The van der Waals surface area contributed by atoms with E-state index in [0.717, 1.165) is 0 Å². The molecule has 0 amide bonds. The van der Waals surface area contributed by atoms with Crippen molar-refractivity contribution in [2.45, 2.75) is 37.2 Å². The van der Waals surface area contributed by atoms with Crippen molar-refractivity contribution in [2.75, 3.05) is 13.2 Å². The summed E-state index contributed by atoms with van der Waals surface area (Å²) in [7, 11) is 0. The summed E-state index contributed by atoms with van der Waals surface area (Å²) in [6.45, 7) is 0.328. The first-order valence-electron chi connectivity index (χ1n) is 5.96. The average Bonchev–Trinajstić information content (AvgIpc) is 2.64. The second kappa shape index (κ2) is 5.04. The fourth-order valence-electron chi connectivity index (χ4n) is 2.27. The quantitative estimate of drug-likeness (QED) is 0.488. The monoisotopic (exact) mass is 275 g/mol. The number of hydrogen-bond acceptors (Lipinski definition) is 7. The van der Waals surface area contributed by atoms with Crippen LogP contribution in [0.3, 0.4) is 0 Å². The van der Waals surface area contributed by atoms with E-state index < -0.39 is 43.5 Å². The molecule has 0 radical (unpaired) electrons. The number of hydrogen-bond donors (Lipinski definition) is 4. The Morgan fingerprint density at radius 2 is 2.16 bits per heavy atom. The lowest BCUT2D eigenvalue weighted by Gasteiger charge is -2.34. The third-order valence-corrected chi connectivity index (χ3v) is 3.48. The van der Waals surface area contributed by atoms with Crippen molar-refractivity contribution in [3.05, 3.63) is 12.3 Å². The van der Waals surface area contributed by atoms with Crippen LogP contribution in [0.4, 0.5) is 4.39 Å². The van der Waals surface area contributed by atoms with Gasteiger partial charge in [-0.15, -0.1) is 0 Å². The standard InChI is InChI=1S/C11H18FN3O4/c1-6-14-7(13)2-3-15(6)10-8(12)9(18)11(4-16,5-17)19-10/h2-3,6,8-10,16-18H,4-5H2,1H3,(H2,13,14)/t6?,8-,9+,10-/m1/s1. The summed E-state index contributed by atoms with van der Waals surface area (Å²) in [5, 5.41) is 28.3. The van der Waals surface area contributed by atoms with E-state index in [0.29, 0.717) is 5.84 Å². The highest BCUT2D eigenvalue weighted by Gasteiger charge is 2.56. The molecule has 8 heteroatoms. The molecule has 0 spiro atoms. The molecule has 5 N–H and O–H groups in total. The van der Waals surface area contributed by atoms with E-state index >= 15 is 0 Å². The molecule has 7 nitrogen and oxygen atoms in total. The Kier molecular flexibility index (Phi) is 3.77. The van der Waals surface area contributed by atoms with Gasteiger partial charge >= 0.3 is 0 Å². The first-order valence-corrected chi connectivity index (χ1v) is 5.96. The Morgan fingerprint density at radius 1 is 1.53 bits per heavy atom. The number of aliphatic imine (C=N–C) groups is 1. The molecule has 0 aliphatic carbocycles. The van der Waals surface area contributed by atoms with Gasteiger partial charge in [-0.2, -0.15) is 0 Å². The lowest BCUT2D eigenvalue weighted by atomic mass is 9.98. The minimum Gasteiger partial charge on any atom is -0.393 e. The normalized spacial score (nSPS) is 37.5. The molecule has 1 saturated heterocycles. The number of nitrogens with zero attached hydrogens (tertiary/aromatic N) is 2. The van der Waals surface area contributed by atoms with E-state index in [1.165, 1.54) is 17.2 Å². The molecule has 2 aliphatic rings. The zero-order valence-electron chi connectivity index (χ0n) is 10.5. The SMILES string of the molecule is CC1N=C(N)C=CN1[C@@H]1OC(CO)(CO)[C@@H](O)[C@H]1F. The van der Waals surface area contributed by atoms with Crippen LogP contribution in [0.15, 0.2) is 17.3 Å². The Bertz CT molecular complexity index is 399. The number of aliphatic hydroxyl groups excluding tert-OH is 3. The van der Waals surface area contributed by atoms with Crippen molar-refractivity contribution >= 4 is 5.84 Å². The number of ether oxygens (including phenoxy) is 1. The zero-order chi connectivity index (χ0) is 14.2. The summed E-state index contributed by atoms with van der Waals surface area (Å²) < 4.78 is 19.5. The van der Waals surface area contributed by atoms with Crippen LogP contribution in [0, 0.1) is 0 Å². The minimum atomic E-state index is -1.78. The maximum atomic E-state index is 14.2. The van der Waals surface area contributed by atoms with Crippen LogP contribution in [0.25, 0.3) is 0 Å². The van der Waals surface area contributed by atoms with Gasteiger partial charge in [0.15, 0.2) is 12.4 Å². The first-order chi connectivity index (χ1) is 8.95. The van der Waals surface area contributed by atoms with Crippen LogP contribution in [0.1, 0.15) is 6.92 Å². The van der Waals surface area contributed by atoms with Crippen molar-refractivity contribution < 1.29 is 24.4 Å². The van der Waals surface area contributed by atoms with Gasteiger partial charge < -0.3 is 30.7 Å². The Morgan fingerprint density at radius 3 is 2.63 bits per heavy atom. The van der Waals surface area contributed by atoms with E-state index in [1.807, 2.05) is 0 Å². The molecule has 0 aromatic carbocycles. The Hall–Kier alpha value is -1.22. The van der Waals surface area contributed by atoms with Crippen LogP contribution in [0.2, 0.25) is 0 Å². The molecule has 0 saturated carbocycles. The number of rotatable bonds is 3. The smallest absolute Gasteiger partial charge is 0.173 e. The topological polar surface area (TPSA) is 112 Å². The largest absolute Gasteiger partial charge is 0.393 e. The summed E-state index contributed by atoms with van der Waals surface area (Å²) in [6.07, 6.45) is -1.99. The molecule has 19 heavy (non-hydrogen) atoms. The number of alkyl halides is 1. The lowest BCUT2D eigenvalue weighted by Crippen LogP contribution is -2.48. The molecule has 108 valence electrons. The predicted molar refractivity (Wildman–Crippen MR) is 64.7 cm³/mol. The summed E-state index contributed by atoms with van der Waals surface area (Å²) >= 11 is 0. The van der Waals surface area contributed by atoms with Crippen LogP contribution in [-0.4, -0.2) is 69.5 Å². The van der Waals surface area contributed by atoms with Gasteiger partial charge in [0.2, 0.25) is 0 Å². The van der Waals surface area contributed by atoms with Crippen molar-refractivity contribution in [1.82, 2.24) is 4.90 Å². The molecule has 0 bridgehead atoms. The van der Waals surface area contributed by atoms with Crippen molar-refractivity contribution in [1.29, 1.82) is 0 Å². The summed E-state index contributed by atoms with van der Waals surface area (Å²) in [5.74, 6) is 0.313. The van der Waals surface area contributed by atoms with Gasteiger partial charge in [0.1, 0.15) is 23.7 Å². The van der Waals surface area contributed by atoms with E-state index in [9.17, 15) is 19.7 Å². The molecule has 0 aromatic heterocycles. The molecule has 2 heterocycles. The summed E-state index contributed by atoms with van der Waals surface area (Å²) in [6, 6.07) is 0. The van der Waals surface area contributed by atoms with Gasteiger partial charge in [-0.1, -0.05) is 0 Å². The summed E-state index contributed by atoms with van der Waals surface area (Å²) in [5.41, 5.74) is 3.82.